The van der Waals surface area contributed by atoms with Crippen LogP contribution in [-0.2, 0) is 0 Å². The first-order valence-electron chi connectivity index (χ1n) is 5.15. The minimum Gasteiger partial charge on any atom is -0.481 e. The van der Waals surface area contributed by atoms with E-state index in [0.717, 1.165) is 0 Å². The van der Waals surface area contributed by atoms with Crippen molar-refractivity contribution in [2.24, 2.45) is 0 Å². The second kappa shape index (κ2) is 4.93. The van der Waals surface area contributed by atoms with Crippen LogP contribution in [-0.4, -0.2) is 17.2 Å². The Morgan fingerprint density at radius 2 is 1.94 bits per heavy atom. The molecule has 2 aromatic rings. The number of halogens is 1. The minimum atomic E-state index is -0.876. The third kappa shape index (κ3) is 2.42. The summed E-state index contributed by atoms with van der Waals surface area (Å²) in [7, 11) is 1.49. The number of hydrogen-bond acceptors (Lipinski definition) is 3. The Morgan fingerprint density at radius 1 is 1.24 bits per heavy atom. The normalized spacial score (nSPS) is 12.2. The maximum absolute atomic E-state index is 12.8. The van der Waals surface area contributed by atoms with Crippen LogP contribution in [0.1, 0.15) is 17.2 Å². The predicted octanol–water partition coefficient (Wildman–Crippen LogP) is 2.31. The third-order valence-electron chi connectivity index (χ3n) is 2.47. The SMILES string of the molecule is COc1ncccc1C(O)c1ccc(F)cc1. The van der Waals surface area contributed by atoms with Gasteiger partial charge in [-0.15, -0.1) is 0 Å². The molecular formula is C13H12FNO2. The first-order valence-corrected chi connectivity index (χ1v) is 5.15. The minimum absolute atomic E-state index is 0.334. The van der Waals surface area contributed by atoms with E-state index in [9.17, 15) is 9.50 Å². The molecule has 88 valence electrons. The highest BCUT2D eigenvalue weighted by molar-refractivity contribution is 5.35. The lowest BCUT2D eigenvalue weighted by atomic mass is 10.0. The molecule has 0 saturated heterocycles. The second-order valence-electron chi connectivity index (χ2n) is 3.56. The number of aliphatic hydroxyl groups is 1. The summed E-state index contributed by atoms with van der Waals surface area (Å²) in [5, 5.41) is 10.2. The molecular weight excluding hydrogens is 221 g/mol. The third-order valence-corrected chi connectivity index (χ3v) is 2.47. The van der Waals surface area contributed by atoms with Gasteiger partial charge in [0.1, 0.15) is 11.9 Å². The van der Waals surface area contributed by atoms with Crippen LogP contribution in [0.15, 0.2) is 42.6 Å². The van der Waals surface area contributed by atoms with Gasteiger partial charge in [-0.05, 0) is 29.8 Å². The number of aromatic nitrogens is 1. The number of rotatable bonds is 3. The van der Waals surface area contributed by atoms with Gasteiger partial charge in [-0.25, -0.2) is 9.37 Å². The summed E-state index contributed by atoms with van der Waals surface area (Å²) in [6.07, 6.45) is 0.707. The molecule has 1 aromatic heterocycles. The molecule has 0 aliphatic heterocycles. The predicted molar refractivity (Wildman–Crippen MR) is 61.3 cm³/mol. The Morgan fingerprint density at radius 3 is 2.59 bits per heavy atom. The maximum Gasteiger partial charge on any atom is 0.219 e. The monoisotopic (exact) mass is 233 g/mol. The molecule has 0 radical (unpaired) electrons. The van der Waals surface area contributed by atoms with E-state index >= 15 is 0 Å². The van der Waals surface area contributed by atoms with Crippen molar-refractivity contribution in [1.82, 2.24) is 4.98 Å². The fourth-order valence-corrected chi connectivity index (χ4v) is 1.61. The molecule has 1 heterocycles. The highest BCUT2D eigenvalue weighted by Gasteiger charge is 2.15. The zero-order valence-electron chi connectivity index (χ0n) is 9.30. The van der Waals surface area contributed by atoms with Gasteiger partial charge in [0.2, 0.25) is 5.88 Å². The summed E-state index contributed by atoms with van der Waals surface area (Å²) >= 11 is 0. The summed E-state index contributed by atoms with van der Waals surface area (Å²) in [4.78, 5) is 4.01. The van der Waals surface area contributed by atoms with Crippen molar-refractivity contribution in [3.63, 3.8) is 0 Å². The lowest BCUT2D eigenvalue weighted by molar-refractivity contribution is 0.213. The van der Waals surface area contributed by atoms with Gasteiger partial charge in [-0.3, -0.25) is 0 Å². The Balaban J connectivity index is 2.36. The van der Waals surface area contributed by atoms with Crippen LogP contribution in [0.3, 0.4) is 0 Å². The first-order chi connectivity index (χ1) is 8.22. The van der Waals surface area contributed by atoms with E-state index in [1.165, 1.54) is 31.4 Å². The van der Waals surface area contributed by atoms with Crippen LogP contribution in [0.5, 0.6) is 5.88 Å². The fraction of sp³-hybridized carbons (Fsp3) is 0.154. The first kappa shape index (κ1) is 11.5. The van der Waals surface area contributed by atoms with Crippen molar-refractivity contribution < 1.29 is 14.2 Å². The summed E-state index contributed by atoms with van der Waals surface area (Å²) in [5.74, 6) is 0.0310. The lowest BCUT2D eigenvalue weighted by Gasteiger charge is -2.13. The van der Waals surface area contributed by atoms with Crippen LogP contribution < -0.4 is 4.74 Å². The molecule has 0 saturated carbocycles. The average Bonchev–Trinajstić information content (AvgIpc) is 2.39. The van der Waals surface area contributed by atoms with Crippen molar-refractivity contribution in [1.29, 1.82) is 0 Å². The topological polar surface area (TPSA) is 42.4 Å². The van der Waals surface area contributed by atoms with Crippen LogP contribution in [0.4, 0.5) is 4.39 Å². The molecule has 2 rings (SSSR count). The van der Waals surface area contributed by atoms with E-state index in [-0.39, 0.29) is 5.82 Å². The van der Waals surface area contributed by atoms with Gasteiger partial charge in [-0.1, -0.05) is 12.1 Å². The molecule has 3 nitrogen and oxygen atoms in total. The van der Waals surface area contributed by atoms with Gasteiger partial charge in [0.15, 0.2) is 0 Å². The number of aliphatic hydroxyl groups excluding tert-OH is 1. The van der Waals surface area contributed by atoms with E-state index in [0.29, 0.717) is 17.0 Å². The van der Waals surface area contributed by atoms with Crippen molar-refractivity contribution >= 4 is 0 Å². The molecule has 1 unspecified atom stereocenters. The van der Waals surface area contributed by atoms with Crippen molar-refractivity contribution in [2.45, 2.75) is 6.10 Å². The molecule has 0 spiro atoms. The molecule has 0 amide bonds. The standard InChI is InChI=1S/C13H12FNO2/c1-17-13-11(3-2-8-15-13)12(16)9-4-6-10(14)7-5-9/h2-8,12,16H,1H3. The quantitative estimate of drug-likeness (QED) is 0.884. The number of pyridine rings is 1. The Labute approximate surface area is 98.5 Å². The highest BCUT2D eigenvalue weighted by atomic mass is 19.1. The van der Waals surface area contributed by atoms with E-state index in [2.05, 4.69) is 4.98 Å². The summed E-state index contributed by atoms with van der Waals surface area (Å²) in [6, 6.07) is 9.12. The van der Waals surface area contributed by atoms with Gasteiger partial charge in [0.25, 0.3) is 0 Å². The molecule has 17 heavy (non-hydrogen) atoms. The number of nitrogens with zero attached hydrogens (tertiary/aromatic N) is 1. The van der Waals surface area contributed by atoms with E-state index in [1.807, 2.05) is 0 Å². The zero-order valence-corrected chi connectivity index (χ0v) is 9.30. The van der Waals surface area contributed by atoms with Gasteiger partial charge in [0, 0.05) is 11.8 Å². The molecule has 1 atom stereocenters. The molecule has 0 aliphatic carbocycles. The number of methoxy groups -OCH3 is 1. The number of hydrogen-bond donors (Lipinski definition) is 1. The van der Waals surface area contributed by atoms with Gasteiger partial charge >= 0.3 is 0 Å². The van der Waals surface area contributed by atoms with Gasteiger partial charge < -0.3 is 9.84 Å². The summed E-state index contributed by atoms with van der Waals surface area (Å²) in [6.45, 7) is 0. The fourth-order valence-electron chi connectivity index (χ4n) is 1.61. The van der Waals surface area contributed by atoms with E-state index in [4.69, 9.17) is 4.74 Å². The Hall–Kier alpha value is -1.94. The van der Waals surface area contributed by atoms with Crippen molar-refractivity contribution in [3.05, 3.63) is 59.5 Å². The number of benzene rings is 1. The molecule has 0 fully saturated rings. The molecule has 4 heteroatoms. The Bertz CT molecular complexity index is 499. The van der Waals surface area contributed by atoms with Crippen molar-refractivity contribution in [2.75, 3.05) is 7.11 Å². The van der Waals surface area contributed by atoms with Crippen LogP contribution in [0, 0.1) is 5.82 Å². The number of ether oxygens (including phenoxy) is 1. The van der Waals surface area contributed by atoms with E-state index in [1.54, 1.807) is 18.3 Å². The van der Waals surface area contributed by atoms with Gasteiger partial charge in [0.05, 0.1) is 7.11 Å². The summed E-state index contributed by atoms with van der Waals surface area (Å²) in [5.41, 5.74) is 1.15. The highest BCUT2D eigenvalue weighted by Crippen LogP contribution is 2.27. The van der Waals surface area contributed by atoms with Crippen LogP contribution in [0.25, 0.3) is 0 Å². The van der Waals surface area contributed by atoms with Crippen molar-refractivity contribution in [3.8, 4) is 5.88 Å². The summed E-state index contributed by atoms with van der Waals surface area (Å²) < 4.78 is 17.8. The van der Waals surface area contributed by atoms with Crippen LogP contribution in [0.2, 0.25) is 0 Å². The molecule has 0 bridgehead atoms. The zero-order chi connectivity index (χ0) is 12.3. The smallest absolute Gasteiger partial charge is 0.219 e. The lowest BCUT2D eigenvalue weighted by Crippen LogP contribution is -2.03. The maximum atomic E-state index is 12.8. The average molecular weight is 233 g/mol. The molecule has 1 aromatic carbocycles. The van der Waals surface area contributed by atoms with Crippen LogP contribution >= 0.6 is 0 Å². The van der Waals surface area contributed by atoms with E-state index < -0.39 is 6.10 Å². The Kier molecular flexibility index (Phi) is 3.35. The molecule has 1 N–H and O–H groups in total. The largest absolute Gasteiger partial charge is 0.481 e. The molecule has 0 aliphatic rings. The second-order valence-corrected chi connectivity index (χ2v) is 3.56. The van der Waals surface area contributed by atoms with Gasteiger partial charge in [-0.2, -0.15) is 0 Å².